The van der Waals surface area contributed by atoms with Crippen LogP contribution < -0.4 is 4.90 Å². The normalized spacial score (nSPS) is 16.1. The first-order valence-corrected chi connectivity index (χ1v) is 5.15. The van der Waals surface area contributed by atoms with E-state index in [0.717, 1.165) is 12.1 Å². The minimum absolute atomic E-state index is 0.141. The summed E-state index contributed by atoms with van der Waals surface area (Å²) in [6.45, 7) is 3.47. The van der Waals surface area contributed by atoms with Gasteiger partial charge in [-0.25, -0.2) is 13.6 Å². The minimum atomic E-state index is -0.702. The fraction of sp³-hybridized carbons (Fsp3) is 0.364. The smallest absolute Gasteiger partial charge is 0.323 e. The van der Waals surface area contributed by atoms with E-state index in [1.807, 2.05) is 6.92 Å². The lowest BCUT2D eigenvalue weighted by Gasteiger charge is -2.17. The summed E-state index contributed by atoms with van der Waals surface area (Å²) in [5, 5.41) is 0. The van der Waals surface area contributed by atoms with Gasteiger partial charge in [-0.3, -0.25) is 4.90 Å². The number of urea groups is 1. The number of benzene rings is 1. The highest BCUT2D eigenvalue weighted by Gasteiger charge is 2.29. The third-order valence-electron chi connectivity index (χ3n) is 2.68. The Morgan fingerprint density at radius 1 is 1.31 bits per heavy atom. The van der Waals surface area contributed by atoms with Crippen LogP contribution in [0.25, 0.3) is 0 Å². The van der Waals surface area contributed by atoms with E-state index in [1.54, 1.807) is 4.90 Å². The summed E-state index contributed by atoms with van der Waals surface area (Å²) in [5.41, 5.74) is 0.141. The van der Waals surface area contributed by atoms with E-state index >= 15 is 0 Å². The Morgan fingerprint density at radius 3 is 2.62 bits per heavy atom. The lowest BCUT2D eigenvalue weighted by Crippen LogP contribution is -2.32. The number of rotatable bonds is 2. The quantitative estimate of drug-likeness (QED) is 0.758. The van der Waals surface area contributed by atoms with E-state index in [0.29, 0.717) is 19.6 Å². The number of amides is 2. The average molecular weight is 226 g/mol. The first-order chi connectivity index (χ1) is 7.63. The van der Waals surface area contributed by atoms with Gasteiger partial charge in [-0.05, 0) is 19.1 Å². The van der Waals surface area contributed by atoms with Crippen molar-refractivity contribution in [2.75, 3.05) is 24.5 Å². The fourth-order valence-electron chi connectivity index (χ4n) is 1.80. The van der Waals surface area contributed by atoms with Crippen molar-refractivity contribution in [3.8, 4) is 0 Å². The molecule has 2 amide bonds. The summed E-state index contributed by atoms with van der Waals surface area (Å²) >= 11 is 0. The van der Waals surface area contributed by atoms with Crippen LogP contribution in [-0.4, -0.2) is 30.6 Å². The summed E-state index contributed by atoms with van der Waals surface area (Å²) in [7, 11) is 0. The molecule has 0 saturated carbocycles. The van der Waals surface area contributed by atoms with Crippen LogP contribution in [0.15, 0.2) is 18.2 Å². The number of anilines is 1. The molecule has 1 aromatic rings. The Kier molecular flexibility index (Phi) is 2.77. The number of halogens is 2. The summed E-state index contributed by atoms with van der Waals surface area (Å²) < 4.78 is 26.2. The number of hydrogen-bond donors (Lipinski definition) is 0. The summed E-state index contributed by atoms with van der Waals surface area (Å²) in [6.07, 6.45) is 0. The average Bonchev–Trinajstić information content (AvgIpc) is 2.60. The molecule has 1 aliphatic rings. The maximum atomic E-state index is 13.5. The Bertz CT molecular complexity index is 422. The van der Waals surface area contributed by atoms with Crippen molar-refractivity contribution in [2.45, 2.75) is 6.92 Å². The molecule has 86 valence electrons. The van der Waals surface area contributed by atoms with Crippen molar-refractivity contribution >= 4 is 11.7 Å². The van der Waals surface area contributed by atoms with Crippen molar-refractivity contribution in [2.24, 2.45) is 0 Å². The third kappa shape index (κ3) is 1.73. The Balaban J connectivity index is 2.29. The van der Waals surface area contributed by atoms with E-state index in [2.05, 4.69) is 0 Å². The number of carbonyl (C=O) groups excluding carboxylic acids is 1. The predicted molar refractivity (Wildman–Crippen MR) is 56.3 cm³/mol. The lowest BCUT2D eigenvalue weighted by atomic mass is 10.3. The molecule has 1 saturated heterocycles. The molecule has 0 spiro atoms. The zero-order valence-corrected chi connectivity index (χ0v) is 8.91. The molecule has 1 aliphatic heterocycles. The van der Waals surface area contributed by atoms with Gasteiger partial charge in [0.25, 0.3) is 0 Å². The Hall–Kier alpha value is -1.65. The molecule has 1 fully saturated rings. The molecule has 0 unspecified atom stereocenters. The molecule has 16 heavy (non-hydrogen) atoms. The second-order valence-electron chi connectivity index (χ2n) is 3.61. The number of nitrogens with zero attached hydrogens (tertiary/aromatic N) is 2. The zero-order chi connectivity index (χ0) is 11.7. The highest BCUT2D eigenvalue weighted by atomic mass is 19.1. The maximum absolute atomic E-state index is 13.5. The summed E-state index contributed by atoms with van der Waals surface area (Å²) in [5.74, 6) is -1.34. The van der Waals surface area contributed by atoms with Crippen LogP contribution in [0.2, 0.25) is 0 Å². The molecular formula is C11H12F2N2O. The molecule has 0 bridgehead atoms. The van der Waals surface area contributed by atoms with Crippen LogP contribution in [0.3, 0.4) is 0 Å². The van der Waals surface area contributed by atoms with E-state index in [1.165, 1.54) is 11.0 Å². The fourth-order valence-corrected chi connectivity index (χ4v) is 1.80. The molecule has 0 aromatic heterocycles. The summed E-state index contributed by atoms with van der Waals surface area (Å²) in [6, 6.07) is 3.01. The van der Waals surface area contributed by atoms with E-state index in [-0.39, 0.29) is 11.7 Å². The van der Waals surface area contributed by atoms with Gasteiger partial charge in [0.1, 0.15) is 11.6 Å². The molecule has 0 N–H and O–H groups in total. The van der Waals surface area contributed by atoms with Crippen LogP contribution >= 0.6 is 0 Å². The number of carbonyl (C=O) groups is 1. The Labute approximate surface area is 92.3 Å². The van der Waals surface area contributed by atoms with E-state index in [4.69, 9.17) is 0 Å². The van der Waals surface area contributed by atoms with Gasteiger partial charge < -0.3 is 4.90 Å². The Morgan fingerprint density at radius 2 is 2.06 bits per heavy atom. The maximum Gasteiger partial charge on any atom is 0.324 e. The van der Waals surface area contributed by atoms with Crippen molar-refractivity contribution in [3.63, 3.8) is 0 Å². The molecule has 1 heterocycles. The number of hydrogen-bond acceptors (Lipinski definition) is 1. The minimum Gasteiger partial charge on any atom is -0.323 e. The highest BCUT2D eigenvalue weighted by Crippen LogP contribution is 2.24. The third-order valence-corrected chi connectivity index (χ3v) is 2.68. The van der Waals surface area contributed by atoms with Crippen LogP contribution in [0, 0.1) is 11.6 Å². The van der Waals surface area contributed by atoms with Gasteiger partial charge in [0.15, 0.2) is 0 Å². The molecule has 0 atom stereocenters. The van der Waals surface area contributed by atoms with E-state index in [9.17, 15) is 13.6 Å². The predicted octanol–water partition coefficient (Wildman–Crippen LogP) is 2.23. The van der Waals surface area contributed by atoms with Gasteiger partial charge >= 0.3 is 6.03 Å². The van der Waals surface area contributed by atoms with E-state index < -0.39 is 11.6 Å². The van der Waals surface area contributed by atoms with Gasteiger partial charge in [0.2, 0.25) is 0 Å². The monoisotopic (exact) mass is 226 g/mol. The van der Waals surface area contributed by atoms with Gasteiger partial charge in [-0.15, -0.1) is 0 Å². The molecular weight excluding hydrogens is 214 g/mol. The topological polar surface area (TPSA) is 23.6 Å². The molecule has 5 heteroatoms. The summed E-state index contributed by atoms with van der Waals surface area (Å²) in [4.78, 5) is 14.7. The lowest BCUT2D eigenvalue weighted by molar-refractivity contribution is 0.223. The van der Waals surface area contributed by atoms with Crippen molar-refractivity contribution in [1.82, 2.24) is 4.90 Å². The zero-order valence-electron chi connectivity index (χ0n) is 8.91. The van der Waals surface area contributed by atoms with Crippen LogP contribution in [0.1, 0.15) is 6.92 Å². The standard InChI is InChI=1S/C11H12F2N2O/c1-2-14-5-6-15(11(14)16)10-4-3-8(12)7-9(10)13/h3-4,7H,2,5-6H2,1H3. The molecule has 3 nitrogen and oxygen atoms in total. The largest absolute Gasteiger partial charge is 0.324 e. The van der Waals surface area contributed by atoms with Gasteiger partial charge in [0.05, 0.1) is 5.69 Å². The van der Waals surface area contributed by atoms with Crippen molar-refractivity contribution in [3.05, 3.63) is 29.8 Å². The van der Waals surface area contributed by atoms with Gasteiger partial charge in [-0.2, -0.15) is 0 Å². The molecule has 0 aliphatic carbocycles. The second kappa shape index (κ2) is 4.08. The van der Waals surface area contributed by atoms with Gasteiger partial charge in [0, 0.05) is 25.7 Å². The first-order valence-electron chi connectivity index (χ1n) is 5.15. The first kappa shape index (κ1) is 10.9. The van der Waals surface area contributed by atoms with Crippen molar-refractivity contribution in [1.29, 1.82) is 0 Å². The second-order valence-corrected chi connectivity index (χ2v) is 3.61. The highest BCUT2D eigenvalue weighted by molar-refractivity contribution is 5.94. The van der Waals surface area contributed by atoms with Crippen molar-refractivity contribution < 1.29 is 13.6 Å². The van der Waals surface area contributed by atoms with Crippen LogP contribution in [0.4, 0.5) is 19.3 Å². The molecule has 1 aromatic carbocycles. The SMILES string of the molecule is CCN1CCN(c2ccc(F)cc2F)C1=O. The van der Waals surface area contributed by atoms with Crippen LogP contribution in [-0.2, 0) is 0 Å². The van der Waals surface area contributed by atoms with Crippen LogP contribution in [0.5, 0.6) is 0 Å². The van der Waals surface area contributed by atoms with Gasteiger partial charge in [-0.1, -0.05) is 0 Å². The molecule has 2 rings (SSSR count). The molecule has 0 radical (unpaired) electrons. The number of likely N-dealkylation sites (N-methyl/N-ethyl adjacent to an activating group) is 1.